The Morgan fingerprint density at radius 2 is 2.00 bits per heavy atom. The van der Waals surface area contributed by atoms with Gasteiger partial charge in [-0.15, -0.1) is 0 Å². The van der Waals surface area contributed by atoms with E-state index in [9.17, 15) is 0 Å². The summed E-state index contributed by atoms with van der Waals surface area (Å²) < 4.78 is 5.28. The minimum Gasteiger partial charge on any atom is -0.334 e. The first-order valence-electron chi connectivity index (χ1n) is 6.38. The van der Waals surface area contributed by atoms with Gasteiger partial charge >= 0.3 is 0 Å². The van der Waals surface area contributed by atoms with Crippen LogP contribution in [0.4, 0.5) is 0 Å². The molecule has 1 aromatic heterocycles. The smallest absolute Gasteiger partial charge is 0.257 e. The first kappa shape index (κ1) is 14.1. The fraction of sp³-hybridized carbons (Fsp3) is 0.429. The molecule has 1 heterocycles. The average Bonchev–Trinajstić information content (AvgIpc) is 2.87. The van der Waals surface area contributed by atoms with Gasteiger partial charge in [-0.25, -0.2) is 0 Å². The molecule has 0 amide bonds. The Kier molecular flexibility index (Phi) is 4.99. The molecule has 0 spiro atoms. The summed E-state index contributed by atoms with van der Waals surface area (Å²) >= 11 is 1.83. The SMILES string of the molecule is CC(C)CSCc1noc(-c2ccc(CN)cc2)n1. The highest BCUT2D eigenvalue weighted by atomic mass is 32.2. The van der Waals surface area contributed by atoms with Gasteiger partial charge < -0.3 is 10.3 Å². The number of nitrogens with zero attached hydrogens (tertiary/aromatic N) is 2. The highest BCUT2D eigenvalue weighted by Crippen LogP contribution is 2.20. The van der Waals surface area contributed by atoms with Gasteiger partial charge in [-0.3, -0.25) is 0 Å². The molecule has 0 aliphatic carbocycles. The Hall–Kier alpha value is -1.33. The van der Waals surface area contributed by atoms with E-state index in [2.05, 4.69) is 24.0 Å². The summed E-state index contributed by atoms with van der Waals surface area (Å²) in [4.78, 5) is 4.40. The molecule has 0 fully saturated rings. The second kappa shape index (κ2) is 6.73. The molecule has 2 aromatic rings. The number of rotatable bonds is 6. The van der Waals surface area contributed by atoms with E-state index in [1.807, 2.05) is 36.0 Å². The number of hydrogen-bond acceptors (Lipinski definition) is 5. The van der Waals surface area contributed by atoms with Crippen molar-refractivity contribution < 1.29 is 4.52 Å². The van der Waals surface area contributed by atoms with Crippen molar-refractivity contribution in [3.05, 3.63) is 35.7 Å². The van der Waals surface area contributed by atoms with Crippen molar-refractivity contribution in [2.45, 2.75) is 26.1 Å². The van der Waals surface area contributed by atoms with Gasteiger partial charge in [0.15, 0.2) is 5.82 Å². The van der Waals surface area contributed by atoms with Crippen LogP contribution in [0.3, 0.4) is 0 Å². The molecule has 2 rings (SSSR count). The highest BCUT2D eigenvalue weighted by Gasteiger charge is 2.08. The molecular formula is C14H19N3OS. The lowest BCUT2D eigenvalue weighted by atomic mass is 10.1. The van der Waals surface area contributed by atoms with Gasteiger partial charge in [0.25, 0.3) is 5.89 Å². The maximum Gasteiger partial charge on any atom is 0.257 e. The number of hydrogen-bond donors (Lipinski definition) is 1. The lowest BCUT2D eigenvalue weighted by molar-refractivity contribution is 0.425. The molecule has 0 atom stereocenters. The number of aromatic nitrogens is 2. The van der Waals surface area contributed by atoms with Crippen molar-refractivity contribution >= 4 is 11.8 Å². The van der Waals surface area contributed by atoms with Crippen LogP contribution in [-0.4, -0.2) is 15.9 Å². The van der Waals surface area contributed by atoms with Crippen LogP contribution in [0.5, 0.6) is 0 Å². The van der Waals surface area contributed by atoms with E-state index < -0.39 is 0 Å². The van der Waals surface area contributed by atoms with Crippen molar-refractivity contribution in [3.63, 3.8) is 0 Å². The first-order valence-corrected chi connectivity index (χ1v) is 7.54. The van der Waals surface area contributed by atoms with Gasteiger partial charge in [0.05, 0.1) is 5.75 Å². The minimum atomic E-state index is 0.543. The Labute approximate surface area is 117 Å². The molecule has 0 bridgehead atoms. The Balaban J connectivity index is 1.99. The van der Waals surface area contributed by atoms with Crippen molar-refractivity contribution in [1.29, 1.82) is 0 Å². The summed E-state index contributed by atoms with van der Waals surface area (Å²) in [6.07, 6.45) is 0. The quantitative estimate of drug-likeness (QED) is 0.879. The van der Waals surface area contributed by atoms with E-state index in [-0.39, 0.29) is 0 Å². The molecule has 102 valence electrons. The molecule has 0 saturated heterocycles. The van der Waals surface area contributed by atoms with E-state index in [0.717, 1.165) is 28.5 Å². The molecule has 0 saturated carbocycles. The third kappa shape index (κ3) is 4.08. The maximum absolute atomic E-state index is 5.57. The molecule has 0 radical (unpaired) electrons. The third-order valence-electron chi connectivity index (χ3n) is 2.59. The van der Waals surface area contributed by atoms with Crippen LogP contribution >= 0.6 is 11.8 Å². The lowest BCUT2D eigenvalue weighted by Gasteiger charge is -2.00. The van der Waals surface area contributed by atoms with E-state index in [1.54, 1.807) is 0 Å². The molecule has 0 unspecified atom stereocenters. The van der Waals surface area contributed by atoms with Crippen molar-refractivity contribution in [3.8, 4) is 11.5 Å². The third-order valence-corrected chi connectivity index (χ3v) is 3.95. The summed E-state index contributed by atoms with van der Waals surface area (Å²) in [5, 5.41) is 4.00. The van der Waals surface area contributed by atoms with Crippen molar-refractivity contribution in [1.82, 2.24) is 10.1 Å². The van der Waals surface area contributed by atoms with Crippen LogP contribution in [0.2, 0.25) is 0 Å². The van der Waals surface area contributed by atoms with Crippen molar-refractivity contribution in [2.75, 3.05) is 5.75 Å². The van der Waals surface area contributed by atoms with Crippen LogP contribution in [-0.2, 0) is 12.3 Å². The van der Waals surface area contributed by atoms with Crippen LogP contribution in [0.15, 0.2) is 28.8 Å². The van der Waals surface area contributed by atoms with Gasteiger partial charge in [-0.1, -0.05) is 31.1 Å². The molecule has 19 heavy (non-hydrogen) atoms. The largest absolute Gasteiger partial charge is 0.334 e. The number of benzene rings is 1. The summed E-state index contributed by atoms with van der Waals surface area (Å²) in [7, 11) is 0. The van der Waals surface area contributed by atoms with Crippen LogP contribution in [0, 0.1) is 5.92 Å². The zero-order valence-electron chi connectivity index (χ0n) is 11.3. The van der Waals surface area contributed by atoms with Crippen LogP contribution < -0.4 is 5.73 Å². The summed E-state index contributed by atoms with van der Waals surface area (Å²) in [6, 6.07) is 7.88. The Morgan fingerprint density at radius 1 is 1.26 bits per heavy atom. The topological polar surface area (TPSA) is 64.9 Å². The monoisotopic (exact) mass is 277 g/mol. The van der Waals surface area contributed by atoms with Gasteiger partial charge in [0, 0.05) is 12.1 Å². The van der Waals surface area contributed by atoms with E-state index in [0.29, 0.717) is 18.4 Å². The van der Waals surface area contributed by atoms with E-state index in [4.69, 9.17) is 10.3 Å². The highest BCUT2D eigenvalue weighted by molar-refractivity contribution is 7.98. The number of thioether (sulfide) groups is 1. The first-order chi connectivity index (χ1) is 9.19. The van der Waals surface area contributed by atoms with Crippen LogP contribution in [0.1, 0.15) is 25.2 Å². The summed E-state index contributed by atoms with van der Waals surface area (Å²) in [6.45, 7) is 4.95. The Bertz CT molecular complexity index is 508. The fourth-order valence-corrected chi connectivity index (χ4v) is 2.49. The van der Waals surface area contributed by atoms with Crippen molar-refractivity contribution in [2.24, 2.45) is 11.7 Å². The average molecular weight is 277 g/mol. The van der Waals surface area contributed by atoms with E-state index in [1.165, 1.54) is 0 Å². The van der Waals surface area contributed by atoms with Gasteiger partial charge in [0.1, 0.15) is 0 Å². The molecule has 0 aliphatic rings. The molecule has 4 nitrogen and oxygen atoms in total. The summed E-state index contributed by atoms with van der Waals surface area (Å²) in [5.74, 6) is 3.91. The minimum absolute atomic E-state index is 0.543. The van der Waals surface area contributed by atoms with E-state index >= 15 is 0 Å². The van der Waals surface area contributed by atoms with Gasteiger partial charge in [0.2, 0.25) is 0 Å². The molecule has 0 aliphatic heterocycles. The zero-order chi connectivity index (χ0) is 13.7. The standard InChI is InChI=1S/C14H19N3OS/c1-10(2)8-19-9-13-16-14(18-17-13)12-5-3-11(7-15)4-6-12/h3-6,10H,7-9,15H2,1-2H3. The molecule has 5 heteroatoms. The lowest BCUT2D eigenvalue weighted by Crippen LogP contribution is -1.95. The number of nitrogens with two attached hydrogens (primary N) is 1. The predicted octanol–water partition coefficient (Wildman–Crippen LogP) is 3.08. The Morgan fingerprint density at radius 3 is 2.63 bits per heavy atom. The second-order valence-electron chi connectivity index (χ2n) is 4.83. The van der Waals surface area contributed by atoms with Crippen LogP contribution in [0.25, 0.3) is 11.5 Å². The zero-order valence-corrected chi connectivity index (χ0v) is 12.1. The molecule has 2 N–H and O–H groups in total. The second-order valence-corrected chi connectivity index (χ2v) is 5.86. The molecule has 1 aromatic carbocycles. The summed E-state index contributed by atoms with van der Waals surface area (Å²) in [5.41, 5.74) is 7.60. The predicted molar refractivity (Wildman–Crippen MR) is 78.6 cm³/mol. The van der Waals surface area contributed by atoms with Gasteiger partial charge in [-0.05, 0) is 29.4 Å². The maximum atomic E-state index is 5.57. The van der Waals surface area contributed by atoms with Gasteiger partial charge in [-0.2, -0.15) is 16.7 Å². The molecular weight excluding hydrogens is 258 g/mol. The fourth-order valence-electron chi connectivity index (χ4n) is 1.60. The normalized spacial score (nSPS) is 11.2.